The fourth-order valence-electron chi connectivity index (χ4n) is 3.00. The van der Waals surface area contributed by atoms with Gasteiger partial charge in [-0.2, -0.15) is 0 Å². The molecule has 0 bridgehead atoms. The quantitative estimate of drug-likeness (QED) is 0.722. The Hall–Kier alpha value is -3.01. The average Bonchev–Trinajstić information content (AvgIpc) is 2.85. The van der Waals surface area contributed by atoms with Gasteiger partial charge >= 0.3 is 6.09 Å². The van der Waals surface area contributed by atoms with Gasteiger partial charge in [-0.05, 0) is 50.0 Å². The van der Waals surface area contributed by atoms with E-state index in [1.165, 1.54) is 11.1 Å². The van der Waals surface area contributed by atoms with Gasteiger partial charge in [-0.15, -0.1) is 0 Å². The summed E-state index contributed by atoms with van der Waals surface area (Å²) in [6, 6.07) is 20.5. The first-order valence-corrected chi connectivity index (χ1v) is 9.63. The second-order valence-corrected chi connectivity index (χ2v) is 7.90. The molecule has 3 rings (SSSR count). The van der Waals surface area contributed by atoms with Crippen LogP contribution in [0.5, 0.6) is 0 Å². The van der Waals surface area contributed by atoms with Crippen molar-refractivity contribution in [3.8, 4) is 0 Å². The van der Waals surface area contributed by atoms with Gasteiger partial charge in [0.15, 0.2) is 0 Å². The molecule has 0 fully saturated rings. The fraction of sp³-hybridized carbons (Fsp3) is 0.292. The second kappa shape index (κ2) is 8.79. The smallest absolute Gasteiger partial charge is 0.429 e. The van der Waals surface area contributed by atoms with E-state index in [0.717, 1.165) is 12.0 Å². The van der Waals surface area contributed by atoms with Crippen LogP contribution in [0.4, 0.5) is 4.79 Å². The van der Waals surface area contributed by atoms with Gasteiger partial charge in [-0.1, -0.05) is 66.7 Å². The third-order valence-corrected chi connectivity index (χ3v) is 4.34. The van der Waals surface area contributed by atoms with E-state index in [1.807, 2.05) is 68.4 Å². The molecule has 0 saturated carbocycles. The molecule has 0 aromatic heterocycles. The lowest BCUT2D eigenvalue weighted by molar-refractivity contribution is -0.0268. The molecule has 0 unspecified atom stereocenters. The monoisotopic (exact) mass is 376 g/mol. The maximum atomic E-state index is 12.8. The number of hydrogen-bond acceptors (Lipinski definition) is 3. The zero-order valence-corrected chi connectivity index (χ0v) is 16.8. The minimum absolute atomic E-state index is 0.342. The van der Waals surface area contributed by atoms with Crippen molar-refractivity contribution >= 4 is 6.09 Å². The fourth-order valence-corrected chi connectivity index (χ4v) is 3.00. The van der Waals surface area contributed by atoms with E-state index in [2.05, 4.69) is 36.4 Å². The Morgan fingerprint density at radius 3 is 2.18 bits per heavy atom. The minimum atomic E-state index is -0.540. The Balaban J connectivity index is 1.81. The summed E-state index contributed by atoms with van der Waals surface area (Å²) in [6.45, 7) is 6.73. The topological polar surface area (TPSA) is 32.8 Å². The van der Waals surface area contributed by atoms with Gasteiger partial charge in [0.1, 0.15) is 5.60 Å². The van der Waals surface area contributed by atoms with Gasteiger partial charge < -0.3 is 4.74 Å². The molecule has 4 nitrogen and oxygen atoms in total. The molecule has 1 amide bonds. The summed E-state index contributed by atoms with van der Waals surface area (Å²) in [4.78, 5) is 12.8. The van der Waals surface area contributed by atoms with Crippen LogP contribution in [0.15, 0.2) is 84.6 Å². The first-order valence-electron chi connectivity index (χ1n) is 9.63. The molecule has 2 aromatic rings. The molecule has 0 atom stereocenters. The Morgan fingerprint density at radius 1 is 0.964 bits per heavy atom. The highest BCUT2D eigenvalue weighted by molar-refractivity contribution is 5.68. The molecule has 0 aliphatic carbocycles. The van der Waals surface area contributed by atoms with Gasteiger partial charge in [0.2, 0.25) is 0 Å². The van der Waals surface area contributed by atoms with Crippen LogP contribution in [-0.4, -0.2) is 28.3 Å². The number of carbonyl (C=O) groups is 1. The number of hydrogen-bond donors (Lipinski definition) is 0. The summed E-state index contributed by atoms with van der Waals surface area (Å²) in [5, 5.41) is 3.59. The highest BCUT2D eigenvalue weighted by Gasteiger charge is 2.26. The molecule has 0 saturated heterocycles. The Morgan fingerprint density at radius 2 is 1.57 bits per heavy atom. The molecular formula is C24H28N2O2. The van der Waals surface area contributed by atoms with Crippen molar-refractivity contribution in [3.05, 3.63) is 95.7 Å². The second-order valence-electron chi connectivity index (χ2n) is 7.90. The number of allylic oxidation sites excluding steroid dienone is 2. The zero-order chi connectivity index (χ0) is 20.0. The average molecular weight is 377 g/mol. The van der Waals surface area contributed by atoms with Crippen LogP contribution < -0.4 is 0 Å². The molecule has 2 aromatic carbocycles. The van der Waals surface area contributed by atoms with Crippen molar-refractivity contribution in [2.24, 2.45) is 0 Å². The summed E-state index contributed by atoms with van der Waals surface area (Å²) in [7, 11) is 0. The standard InChI is InChI=1S/C24H28N2O2/c1-24(2,3)28-23(27)26-17-15-21(18-20-10-6-4-7-11-20)14-16-25(26)19-22-12-8-5-9-13-22/h4-16H,17-19H2,1-3H3. The third kappa shape index (κ3) is 5.74. The molecule has 1 heterocycles. The van der Waals surface area contributed by atoms with Gasteiger partial charge in [-0.3, -0.25) is 5.01 Å². The van der Waals surface area contributed by atoms with Gasteiger partial charge in [0, 0.05) is 6.20 Å². The lowest BCUT2D eigenvalue weighted by atomic mass is 10.1. The summed E-state index contributed by atoms with van der Waals surface area (Å²) < 4.78 is 5.64. The first kappa shape index (κ1) is 19.7. The summed E-state index contributed by atoms with van der Waals surface area (Å²) in [5.74, 6) is 0. The summed E-state index contributed by atoms with van der Waals surface area (Å²) in [6.07, 6.45) is 6.64. The molecule has 146 valence electrons. The number of hydrazine groups is 1. The van der Waals surface area contributed by atoms with Crippen LogP contribution in [0.25, 0.3) is 0 Å². The van der Waals surface area contributed by atoms with Crippen molar-refractivity contribution < 1.29 is 9.53 Å². The van der Waals surface area contributed by atoms with Crippen LogP contribution in [0.1, 0.15) is 31.9 Å². The molecule has 4 heteroatoms. The van der Waals surface area contributed by atoms with Gasteiger partial charge in [0.05, 0.1) is 13.1 Å². The van der Waals surface area contributed by atoms with Crippen LogP contribution in [-0.2, 0) is 17.7 Å². The van der Waals surface area contributed by atoms with Crippen LogP contribution in [0.3, 0.4) is 0 Å². The highest BCUT2D eigenvalue weighted by atomic mass is 16.6. The minimum Gasteiger partial charge on any atom is -0.442 e. The summed E-state index contributed by atoms with van der Waals surface area (Å²) in [5.41, 5.74) is 3.02. The van der Waals surface area contributed by atoms with E-state index in [1.54, 1.807) is 5.01 Å². The Labute approximate surface area is 167 Å². The van der Waals surface area contributed by atoms with Crippen molar-refractivity contribution in [1.29, 1.82) is 0 Å². The lowest BCUT2D eigenvalue weighted by Gasteiger charge is -2.34. The maximum Gasteiger partial charge on any atom is 0.429 e. The highest BCUT2D eigenvalue weighted by Crippen LogP contribution is 2.19. The molecule has 0 spiro atoms. The van der Waals surface area contributed by atoms with E-state index >= 15 is 0 Å². The van der Waals surface area contributed by atoms with Crippen LogP contribution in [0.2, 0.25) is 0 Å². The van der Waals surface area contributed by atoms with Crippen molar-refractivity contribution in [2.75, 3.05) is 6.54 Å². The van der Waals surface area contributed by atoms with Crippen molar-refractivity contribution in [1.82, 2.24) is 10.0 Å². The predicted octanol–water partition coefficient (Wildman–Crippen LogP) is 5.34. The van der Waals surface area contributed by atoms with Crippen LogP contribution >= 0.6 is 0 Å². The molecule has 0 radical (unpaired) electrons. The van der Waals surface area contributed by atoms with Gasteiger partial charge in [-0.25, -0.2) is 9.80 Å². The molecule has 0 N–H and O–H groups in total. The van der Waals surface area contributed by atoms with E-state index in [4.69, 9.17) is 4.74 Å². The first-order chi connectivity index (χ1) is 13.4. The SMILES string of the molecule is CC(C)(C)OC(=O)N1CC=C(Cc2ccccc2)C=CN1Cc1ccccc1. The molecule has 1 aliphatic rings. The Bertz CT molecular complexity index is 836. The van der Waals surface area contributed by atoms with Crippen LogP contribution in [0, 0.1) is 0 Å². The number of benzene rings is 2. The maximum absolute atomic E-state index is 12.8. The van der Waals surface area contributed by atoms with Gasteiger partial charge in [0.25, 0.3) is 0 Å². The van der Waals surface area contributed by atoms with E-state index in [0.29, 0.717) is 13.1 Å². The third-order valence-electron chi connectivity index (χ3n) is 4.34. The number of ether oxygens (including phenoxy) is 1. The number of nitrogens with zero attached hydrogens (tertiary/aromatic N) is 2. The number of carbonyl (C=O) groups excluding carboxylic acids is 1. The summed E-state index contributed by atoms with van der Waals surface area (Å²) >= 11 is 0. The van der Waals surface area contributed by atoms with E-state index in [9.17, 15) is 4.79 Å². The Kier molecular flexibility index (Phi) is 6.19. The van der Waals surface area contributed by atoms with Crippen molar-refractivity contribution in [3.63, 3.8) is 0 Å². The normalized spacial score (nSPS) is 14.5. The van der Waals surface area contributed by atoms with Crippen molar-refractivity contribution in [2.45, 2.75) is 39.3 Å². The number of rotatable bonds is 4. The van der Waals surface area contributed by atoms with E-state index in [-0.39, 0.29) is 6.09 Å². The van der Waals surface area contributed by atoms with E-state index < -0.39 is 5.60 Å². The molecule has 28 heavy (non-hydrogen) atoms. The number of amides is 1. The predicted molar refractivity (Wildman–Crippen MR) is 112 cm³/mol. The largest absolute Gasteiger partial charge is 0.442 e. The zero-order valence-electron chi connectivity index (χ0n) is 16.8. The molecular weight excluding hydrogens is 348 g/mol. The molecule has 1 aliphatic heterocycles. The lowest BCUT2D eigenvalue weighted by Crippen LogP contribution is -2.45.